The third kappa shape index (κ3) is 23.2. The van der Waals surface area contributed by atoms with Gasteiger partial charge in [0.15, 0.2) is 12.6 Å². The SMILES string of the molecule is CC(C)(C)OC(CCC[SiH2]C[SiH2]CCCC(OC(C)(C)C)OC(C)(C)C)OC(C)(C)C. The van der Waals surface area contributed by atoms with Crippen LogP contribution in [0.5, 0.6) is 0 Å². The lowest BCUT2D eigenvalue weighted by Gasteiger charge is -2.32. The zero-order chi connectivity index (χ0) is 24.3. The number of hydrogen-bond acceptors (Lipinski definition) is 4. The summed E-state index contributed by atoms with van der Waals surface area (Å²) in [5.41, 5.74) is 0.921. The Balaban J connectivity index is 4.06. The quantitative estimate of drug-likeness (QED) is 0.175. The van der Waals surface area contributed by atoms with Crippen molar-refractivity contribution in [3.63, 3.8) is 0 Å². The van der Waals surface area contributed by atoms with Gasteiger partial charge in [-0.05, 0) is 95.9 Å². The lowest BCUT2D eigenvalue weighted by Crippen LogP contribution is -2.35. The second-order valence-electron chi connectivity index (χ2n) is 12.8. The zero-order valence-electron chi connectivity index (χ0n) is 23.2. The highest BCUT2D eigenvalue weighted by molar-refractivity contribution is 6.55. The van der Waals surface area contributed by atoms with Crippen molar-refractivity contribution >= 4 is 19.0 Å². The average molecular weight is 477 g/mol. The minimum atomic E-state index is -0.161. The summed E-state index contributed by atoms with van der Waals surface area (Å²) < 4.78 is 24.6. The van der Waals surface area contributed by atoms with Gasteiger partial charge in [-0.15, -0.1) is 0 Å². The Bertz CT molecular complexity index is 382. The van der Waals surface area contributed by atoms with Gasteiger partial charge in [-0.3, -0.25) is 0 Å². The van der Waals surface area contributed by atoms with Crippen LogP contribution in [0.1, 0.15) is 109 Å². The molecule has 0 amide bonds. The Morgan fingerprint density at radius 3 is 0.968 bits per heavy atom. The molecule has 0 aliphatic heterocycles. The van der Waals surface area contributed by atoms with E-state index in [1.807, 2.05) is 0 Å². The summed E-state index contributed by atoms with van der Waals surface area (Å²) in [5.74, 6) is 0. The van der Waals surface area contributed by atoms with Crippen molar-refractivity contribution in [2.75, 3.05) is 0 Å². The molecule has 0 heterocycles. The molecule has 0 spiro atoms. The maximum atomic E-state index is 6.14. The summed E-state index contributed by atoms with van der Waals surface area (Å²) in [6.45, 7) is 25.3. The van der Waals surface area contributed by atoms with Crippen molar-refractivity contribution in [1.82, 2.24) is 0 Å². The number of hydrogen-bond donors (Lipinski definition) is 0. The molecule has 0 aromatic heterocycles. The van der Waals surface area contributed by atoms with Crippen molar-refractivity contribution in [2.24, 2.45) is 0 Å². The second kappa shape index (κ2) is 13.9. The minimum Gasteiger partial charge on any atom is -0.347 e. The predicted molar refractivity (Wildman–Crippen MR) is 141 cm³/mol. The zero-order valence-corrected chi connectivity index (χ0v) is 26.0. The fraction of sp³-hybridized carbons (Fsp3) is 1.00. The first-order valence-electron chi connectivity index (χ1n) is 12.6. The van der Waals surface area contributed by atoms with Crippen molar-refractivity contribution in [2.45, 2.75) is 162 Å². The molecule has 4 nitrogen and oxygen atoms in total. The molecule has 0 bridgehead atoms. The van der Waals surface area contributed by atoms with Gasteiger partial charge in [0.25, 0.3) is 0 Å². The lowest BCUT2D eigenvalue weighted by molar-refractivity contribution is -0.236. The first-order valence-corrected chi connectivity index (χ1v) is 16.6. The van der Waals surface area contributed by atoms with E-state index < -0.39 is 0 Å². The predicted octanol–water partition coefficient (Wildman–Crippen LogP) is 6.01. The van der Waals surface area contributed by atoms with Crippen LogP contribution in [0.3, 0.4) is 0 Å². The van der Waals surface area contributed by atoms with E-state index >= 15 is 0 Å². The first-order chi connectivity index (χ1) is 13.9. The highest BCUT2D eigenvalue weighted by atomic mass is 28.3. The van der Waals surface area contributed by atoms with Crippen LogP contribution >= 0.6 is 0 Å². The van der Waals surface area contributed by atoms with Crippen LogP contribution in [0.15, 0.2) is 0 Å². The molecule has 31 heavy (non-hydrogen) atoms. The summed E-state index contributed by atoms with van der Waals surface area (Å²) in [6, 6.07) is 2.82. The van der Waals surface area contributed by atoms with Crippen LogP contribution in [0.2, 0.25) is 17.8 Å². The van der Waals surface area contributed by atoms with E-state index in [2.05, 4.69) is 83.1 Å². The van der Waals surface area contributed by atoms with Crippen LogP contribution in [0, 0.1) is 0 Å². The van der Waals surface area contributed by atoms with Crippen molar-refractivity contribution in [1.29, 1.82) is 0 Å². The average Bonchev–Trinajstić information content (AvgIpc) is 2.46. The maximum absolute atomic E-state index is 6.14. The normalized spacial score (nSPS) is 14.9. The molecular formula is C25H56O4Si2. The van der Waals surface area contributed by atoms with Crippen LogP contribution in [0.4, 0.5) is 0 Å². The largest absolute Gasteiger partial charge is 0.347 e. The summed E-state index contributed by atoms with van der Waals surface area (Å²) in [7, 11) is 0.140. The molecule has 0 rings (SSSR count). The number of ether oxygens (including phenoxy) is 4. The molecule has 0 N–H and O–H groups in total. The van der Waals surface area contributed by atoms with Crippen LogP contribution < -0.4 is 0 Å². The van der Waals surface area contributed by atoms with E-state index in [0.29, 0.717) is 0 Å². The summed E-state index contributed by atoms with van der Waals surface area (Å²) in [6.07, 6.45) is 4.32. The van der Waals surface area contributed by atoms with E-state index in [1.165, 1.54) is 24.9 Å². The molecule has 0 saturated heterocycles. The van der Waals surface area contributed by atoms with E-state index in [1.54, 1.807) is 5.67 Å². The van der Waals surface area contributed by atoms with Crippen molar-refractivity contribution in [3.05, 3.63) is 0 Å². The Kier molecular flexibility index (Phi) is 14.0. The third-order valence-electron chi connectivity index (χ3n) is 4.32. The van der Waals surface area contributed by atoms with Gasteiger partial charge in [-0.2, -0.15) is 0 Å². The Hall–Kier alpha value is 0.274. The molecule has 0 aromatic rings. The van der Waals surface area contributed by atoms with Crippen LogP contribution in [-0.4, -0.2) is 54.0 Å². The third-order valence-corrected chi connectivity index (χ3v) is 10.3. The maximum Gasteiger partial charge on any atom is 0.158 e. The molecule has 0 radical (unpaired) electrons. The fourth-order valence-corrected chi connectivity index (χ4v) is 8.89. The molecule has 0 fully saturated rings. The van der Waals surface area contributed by atoms with Gasteiger partial charge in [0.1, 0.15) is 0 Å². The molecule has 0 unspecified atom stereocenters. The highest BCUT2D eigenvalue weighted by Crippen LogP contribution is 2.23. The smallest absolute Gasteiger partial charge is 0.158 e. The molecule has 0 atom stereocenters. The number of rotatable bonds is 14. The topological polar surface area (TPSA) is 36.9 Å². The van der Waals surface area contributed by atoms with E-state index in [4.69, 9.17) is 18.9 Å². The van der Waals surface area contributed by atoms with Gasteiger partial charge in [-0.1, -0.05) is 30.6 Å². The van der Waals surface area contributed by atoms with Crippen LogP contribution in [0.25, 0.3) is 0 Å². The molecule has 0 aromatic carbocycles. The van der Waals surface area contributed by atoms with Gasteiger partial charge in [-0.25, -0.2) is 0 Å². The van der Waals surface area contributed by atoms with Gasteiger partial charge >= 0.3 is 0 Å². The molecule has 6 heteroatoms. The molecule has 0 aliphatic carbocycles. The van der Waals surface area contributed by atoms with Gasteiger partial charge in [0, 0.05) is 19.0 Å². The second-order valence-corrected chi connectivity index (χ2v) is 18.5. The highest BCUT2D eigenvalue weighted by Gasteiger charge is 2.25. The fourth-order valence-electron chi connectivity index (χ4n) is 3.37. The molecule has 0 aliphatic rings. The first kappa shape index (κ1) is 31.3. The standard InChI is InChI=1S/C25H56O4Si2/c1-22(2,3)26-20(27-23(4,5)6)15-13-17-30-19-31-18-14-16-21(28-24(7,8)9)29-25(10,11)12/h20-21H,13-19,30-31H2,1-12H3. The van der Waals surface area contributed by atoms with Gasteiger partial charge in [0.05, 0.1) is 22.4 Å². The van der Waals surface area contributed by atoms with Crippen molar-refractivity contribution < 1.29 is 18.9 Å². The Morgan fingerprint density at radius 2 is 0.742 bits per heavy atom. The summed E-state index contributed by atoms with van der Waals surface area (Å²) >= 11 is 0. The monoisotopic (exact) mass is 476 g/mol. The molecule has 0 saturated carbocycles. The Labute approximate surface area is 199 Å². The minimum absolute atomic E-state index is 0.0702. The van der Waals surface area contributed by atoms with E-state index in [9.17, 15) is 0 Å². The summed E-state index contributed by atoms with van der Waals surface area (Å²) in [5, 5.41) is 0. The molecular weight excluding hydrogens is 420 g/mol. The summed E-state index contributed by atoms with van der Waals surface area (Å²) in [4.78, 5) is 0. The van der Waals surface area contributed by atoms with Gasteiger partial charge in [0.2, 0.25) is 0 Å². The van der Waals surface area contributed by atoms with Crippen molar-refractivity contribution in [3.8, 4) is 0 Å². The molecule has 188 valence electrons. The van der Waals surface area contributed by atoms with E-state index in [0.717, 1.165) is 12.8 Å². The Morgan fingerprint density at radius 1 is 0.484 bits per heavy atom. The lowest BCUT2D eigenvalue weighted by atomic mass is 10.1. The van der Waals surface area contributed by atoms with E-state index in [-0.39, 0.29) is 54.0 Å². The van der Waals surface area contributed by atoms with Crippen LogP contribution in [-0.2, 0) is 18.9 Å². The van der Waals surface area contributed by atoms with Gasteiger partial charge < -0.3 is 18.9 Å².